The van der Waals surface area contributed by atoms with Gasteiger partial charge in [-0.3, -0.25) is 9.59 Å². The minimum Gasteiger partial charge on any atom is -0.507 e. The summed E-state index contributed by atoms with van der Waals surface area (Å²) in [4.78, 5) is 26.7. The first-order valence-corrected chi connectivity index (χ1v) is 9.44. The molecule has 1 aromatic carbocycles. The van der Waals surface area contributed by atoms with E-state index in [-0.39, 0.29) is 29.5 Å². The lowest BCUT2D eigenvalue weighted by Crippen LogP contribution is -2.48. The first kappa shape index (κ1) is 17.8. The smallest absolute Gasteiger partial charge is 0.257 e. The van der Waals surface area contributed by atoms with Gasteiger partial charge in [-0.2, -0.15) is 0 Å². The highest BCUT2D eigenvalue weighted by Crippen LogP contribution is 2.25. The van der Waals surface area contributed by atoms with Crippen molar-refractivity contribution < 1.29 is 14.7 Å². The van der Waals surface area contributed by atoms with E-state index < -0.39 is 0 Å². The zero-order chi connectivity index (χ0) is 17.8. The van der Waals surface area contributed by atoms with Crippen molar-refractivity contribution in [2.75, 3.05) is 13.1 Å². The van der Waals surface area contributed by atoms with Crippen molar-refractivity contribution in [3.63, 3.8) is 0 Å². The van der Waals surface area contributed by atoms with Crippen LogP contribution in [0.3, 0.4) is 0 Å². The lowest BCUT2D eigenvalue weighted by atomic mass is 9.88. The number of amides is 2. The summed E-state index contributed by atoms with van der Waals surface area (Å²) in [7, 11) is 0. The minimum absolute atomic E-state index is 0.0396. The maximum absolute atomic E-state index is 12.6. The molecule has 0 radical (unpaired) electrons. The normalized spacial score (nSPS) is 19.6. The van der Waals surface area contributed by atoms with Crippen LogP contribution in [0.15, 0.2) is 18.2 Å². The molecule has 1 aliphatic heterocycles. The number of nitrogens with one attached hydrogen (secondary N) is 1. The number of likely N-dealkylation sites (tertiary alicyclic amines) is 1. The van der Waals surface area contributed by atoms with E-state index in [2.05, 4.69) is 5.32 Å². The van der Waals surface area contributed by atoms with Crippen LogP contribution in [0.25, 0.3) is 0 Å². The predicted octanol–water partition coefficient (Wildman–Crippen LogP) is 3.00. The third-order valence-corrected chi connectivity index (χ3v) is 5.49. The highest BCUT2D eigenvalue weighted by Gasteiger charge is 2.28. The number of benzene rings is 1. The molecule has 0 unspecified atom stereocenters. The molecule has 1 saturated carbocycles. The van der Waals surface area contributed by atoms with E-state index >= 15 is 0 Å². The van der Waals surface area contributed by atoms with Gasteiger partial charge in [0.05, 0.1) is 5.56 Å². The van der Waals surface area contributed by atoms with Crippen molar-refractivity contribution >= 4 is 11.8 Å². The van der Waals surface area contributed by atoms with Gasteiger partial charge in [0.1, 0.15) is 5.75 Å². The molecule has 0 bridgehead atoms. The lowest BCUT2D eigenvalue weighted by molar-refractivity contribution is -0.126. The Balaban J connectivity index is 1.51. The molecule has 5 heteroatoms. The molecule has 3 rings (SSSR count). The molecule has 1 saturated heterocycles. The Hall–Kier alpha value is -2.04. The number of carbonyl (C=O) groups is 2. The SMILES string of the molecule is Cc1ccc(C(=O)N2CCC(NC(=O)C3CCCCC3)CC2)c(O)c1. The Morgan fingerprint density at radius 2 is 1.76 bits per heavy atom. The van der Waals surface area contributed by atoms with Crippen LogP contribution in [0.4, 0.5) is 0 Å². The molecule has 0 atom stereocenters. The number of aromatic hydroxyl groups is 1. The Morgan fingerprint density at radius 1 is 1.08 bits per heavy atom. The van der Waals surface area contributed by atoms with Crippen molar-refractivity contribution in [1.82, 2.24) is 10.2 Å². The van der Waals surface area contributed by atoms with Crippen LogP contribution in [-0.4, -0.2) is 41.0 Å². The molecule has 136 valence electrons. The van der Waals surface area contributed by atoms with E-state index in [0.29, 0.717) is 18.7 Å². The summed E-state index contributed by atoms with van der Waals surface area (Å²) in [6.07, 6.45) is 7.13. The highest BCUT2D eigenvalue weighted by atomic mass is 16.3. The average Bonchev–Trinajstić information content (AvgIpc) is 2.62. The zero-order valence-electron chi connectivity index (χ0n) is 15.0. The van der Waals surface area contributed by atoms with Crippen molar-refractivity contribution in [2.45, 2.75) is 57.9 Å². The third kappa shape index (κ3) is 4.33. The first-order valence-electron chi connectivity index (χ1n) is 9.44. The number of aryl methyl sites for hydroxylation is 1. The van der Waals surface area contributed by atoms with Gasteiger partial charge < -0.3 is 15.3 Å². The topological polar surface area (TPSA) is 69.6 Å². The second-order valence-corrected chi connectivity index (χ2v) is 7.43. The summed E-state index contributed by atoms with van der Waals surface area (Å²) in [5.74, 6) is 0.283. The Bertz CT molecular complexity index is 630. The summed E-state index contributed by atoms with van der Waals surface area (Å²) in [6.45, 7) is 3.11. The fourth-order valence-electron chi connectivity index (χ4n) is 3.90. The molecule has 5 nitrogen and oxygen atoms in total. The predicted molar refractivity (Wildman–Crippen MR) is 96.5 cm³/mol. The second-order valence-electron chi connectivity index (χ2n) is 7.43. The number of piperidine rings is 1. The van der Waals surface area contributed by atoms with Crippen molar-refractivity contribution in [3.05, 3.63) is 29.3 Å². The van der Waals surface area contributed by atoms with Gasteiger partial charge in [-0.15, -0.1) is 0 Å². The van der Waals surface area contributed by atoms with Gasteiger partial charge in [0.25, 0.3) is 5.91 Å². The van der Waals surface area contributed by atoms with Crippen molar-refractivity contribution in [3.8, 4) is 5.75 Å². The monoisotopic (exact) mass is 344 g/mol. The fourth-order valence-corrected chi connectivity index (χ4v) is 3.90. The molecule has 2 aliphatic rings. The number of hydrogen-bond acceptors (Lipinski definition) is 3. The summed E-state index contributed by atoms with van der Waals surface area (Å²) in [5, 5.41) is 13.2. The maximum atomic E-state index is 12.6. The molecule has 2 N–H and O–H groups in total. The van der Waals surface area contributed by atoms with Gasteiger partial charge in [0.15, 0.2) is 0 Å². The van der Waals surface area contributed by atoms with Crippen LogP contribution in [-0.2, 0) is 4.79 Å². The second kappa shape index (κ2) is 7.89. The Morgan fingerprint density at radius 3 is 2.40 bits per heavy atom. The van der Waals surface area contributed by atoms with Crippen LogP contribution in [0.1, 0.15) is 60.9 Å². The summed E-state index contributed by atoms with van der Waals surface area (Å²) in [6, 6.07) is 5.29. The van der Waals surface area contributed by atoms with Crippen LogP contribution >= 0.6 is 0 Å². The molecular weight excluding hydrogens is 316 g/mol. The van der Waals surface area contributed by atoms with Gasteiger partial charge >= 0.3 is 0 Å². The number of carbonyl (C=O) groups excluding carboxylic acids is 2. The van der Waals surface area contributed by atoms with Crippen molar-refractivity contribution in [2.24, 2.45) is 5.92 Å². The molecular formula is C20H28N2O3. The van der Waals surface area contributed by atoms with E-state index in [0.717, 1.165) is 44.1 Å². The molecule has 0 spiro atoms. The van der Waals surface area contributed by atoms with Gasteiger partial charge in [0, 0.05) is 25.0 Å². The Kier molecular flexibility index (Phi) is 5.61. The van der Waals surface area contributed by atoms with E-state index in [1.807, 2.05) is 13.0 Å². The van der Waals surface area contributed by atoms with E-state index in [1.165, 1.54) is 6.42 Å². The van der Waals surface area contributed by atoms with Crippen molar-refractivity contribution in [1.29, 1.82) is 0 Å². The lowest BCUT2D eigenvalue weighted by Gasteiger charge is -2.33. The molecule has 0 aromatic heterocycles. The zero-order valence-corrected chi connectivity index (χ0v) is 15.0. The standard InChI is InChI=1S/C20H28N2O3/c1-14-7-8-17(18(23)13-14)20(25)22-11-9-16(10-12-22)21-19(24)15-5-3-2-4-6-15/h7-8,13,15-16,23H,2-6,9-12H2,1H3,(H,21,24). The van der Waals surface area contributed by atoms with Crippen LogP contribution in [0.5, 0.6) is 5.75 Å². The van der Waals surface area contributed by atoms with Gasteiger partial charge in [-0.25, -0.2) is 0 Å². The van der Waals surface area contributed by atoms with Gasteiger partial charge in [-0.05, 0) is 50.3 Å². The number of phenols is 1. The number of phenolic OH excluding ortho intramolecular Hbond substituents is 1. The number of nitrogens with zero attached hydrogens (tertiary/aromatic N) is 1. The van der Waals surface area contributed by atoms with Gasteiger partial charge in [0.2, 0.25) is 5.91 Å². The third-order valence-electron chi connectivity index (χ3n) is 5.49. The molecule has 1 aliphatic carbocycles. The molecule has 1 aromatic rings. The van der Waals surface area contributed by atoms with Crippen LogP contribution < -0.4 is 5.32 Å². The average molecular weight is 344 g/mol. The summed E-state index contributed by atoms with van der Waals surface area (Å²) >= 11 is 0. The molecule has 2 amide bonds. The molecule has 25 heavy (non-hydrogen) atoms. The molecule has 1 heterocycles. The largest absolute Gasteiger partial charge is 0.507 e. The Labute approximate surface area is 149 Å². The van der Waals surface area contributed by atoms with Crippen LogP contribution in [0, 0.1) is 12.8 Å². The van der Waals surface area contributed by atoms with E-state index in [1.54, 1.807) is 17.0 Å². The summed E-state index contributed by atoms with van der Waals surface area (Å²) < 4.78 is 0. The molecule has 2 fully saturated rings. The first-order chi connectivity index (χ1) is 12.0. The highest BCUT2D eigenvalue weighted by molar-refractivity contribution is 5.97. The van der Waals surface area contributed by atoms with E-state index in [9.17, 15) is 14.7 Å². The number of rotatable bonds is 3. The summed E-state index contributed by atoms with van der Waals surface area (Å²) in [5.41, 5.74) is 1.29. The van der Waals surface area contributed by atoms with E-state index in [4.69, 9.17) is 0 Å². The minimum atomic E-state index is -0.130. The fraction of sp³-hybridized carbons (Fsp3) is 0.600. The van der Waals surface area contributed by atoms with Gasteiger partial charge in [-0.1, -0.05) is 25.3 Å². The maximum Gasteiger partial charge on any atom is 0.257 e. The van der Waals surface area contributed by atoms with Crippen LogP contribution in [0.2, 0.25) is 0 Å². The quantitative estimate of drug-likeness (QED) is 0.885. The number of hydrogen-bond donors (Lipinski definition) is 2.